The van der Waals surface area contributed by atoms with E-state index in [1.165, 1.54) is 22.5 Å². The number of hydrogen-bond acceptors (Lipinski definition) is 6. The van der Waals surface area contributed by atoms with Crippen LogP contribution in [0.2, 0.25) is 0 Å². The zero-order valence-corrected chi connectivity index (χ0v) is 17.7. The Kier molecular flexibility index (Phi) is 5.64. The maximum atomic E-state index is 4.47. The van der Waals surface area contributed by atoms with Gasteiger partial charge in [0, 0.05) is 43.8 Å². The molecule has 148 valence electrons. The van der Waals surface area contributed by atoms with Crippen molar-refractivity contribution in [2.75, 3.05) is 42.9 Å². The third kappa shape index (κ3) is 4.05. The van der Waals surface area contributed by atoms with E-state index >= 15 is 0 Å². The van der Waals surface area contributed by atoms with Crippen molar-refractivity contribution in [2.45, 2.75) is 27.3 Å². The van der Waals surface area contributed by atoms with Gasteiger partial charge < -0.3 is 15.1 Å². The Hall–Kier alpha value is -2.38. The summed E-state index contributed by atoms with van der Waals surface area (Å²) in [6.45, 7) is 12.6. The van der Waals surface area contributed by atoms with E-state index in [1.807, 2.05) is 0 Å². The number of rotatable bonds is 6. The SMILES string of the molecule is CCN1CCN(c2nnc(-n3cccc3CNc3ccc(C)cc3C)s2)CC1. The van der Waals surface area contributed by atoms with Crippen LogP contribution in [-0.2, 0) is 6.54 Å². The monoisotopic (exact) mass is 396 g/mol. The van der Waals surface area contributed by atoms with Crippen LogP contribution in [0, 0.1) is 13.8 Å². The van der Waals surface area contributed by atoms with Gasteiger partial charge in [-0.1, -0.05) is 36.0 Å². The number of piperazine rings is 1. The first-order valence-electron chi connectivity index (χ1n) is 9.92. The maximum Gasteiger partial charge on any atom is 0.218 e. The summed E-state index contributed by atoms with van der Waals surface area (Å²) in [5.41, 5.74) is 4.90. The molecule has 3 heterocycles. The second-order valence-electron chi connectivity index (χ2n) is 7.33. The molecule has 0 bridgehead atoms. The third-order valence-corrected chi connectivity index (χ3v) is 6.36. The van der Waals surface area contributed by atoms with Crippen LogP contribution in [0.15, 0.2) is 36.5 Å². The summed E-state index contributed by atoms with van der Waals surface area (Å²) in [5.74, 6) is 0. The van der Waals surface area contributed by atoms with E-state index in [0.29, 0.717) is 0 Å². The minimum Gasteiger partial charge on any atom is -0.379 e. The molecule has 28 heavy (non-hydrogen) atoms. The van der Waals surface area contributed by atoms with Crippen molar-refractivity contribution in [3.8, 4) is 5.13 Å². The van der Waals surface area contributed by atoms with Crippen molar-refractivity contribution < 1.29 is 0 Å². The van der Waals surface area contributed by atoms with Gasteiger partial charge in [-0.15, -0.1) is 10.2 Å². The molecule has 1 aliphatic rings. The molecule has 1 aromatic carbocycles. The second-order valence-corrected chi connectivity index (χ2v) is 8.26. The zero-order chi connectivity index (χ0) is 19.5. The lowest BCUT2D eigenvalue weighted by Gasteiger charge is -2.33. The molecule has 2 aromatic heterocycles. The number of benzene rings is 1. The van der Waals surface area contributed by atoms with Gasteiger partial charge in [0.25, 0.3) is 0 Å². The van der Waals surface area contributed by atoms with E-state index < -0.39 is 0 Å². The van der Waals surface area contributed by atoms with E-state index in [9.17, 15) is 0 Å². The summed E-state index contributed by atoms with van der Waals surface area (Å²) in [6.07, 6.45) is 2.07. The molecule has 0 spiro atoms. The average molecular weight is 397 g/mol. The molecule has 1 aliphatic heterocycles. The van der Waals surface area contributed by atoms with Crippen LogP contribution in [0.3, 0.4) is 0 Å². The molecular weight excluding hydrogens is 368 g/mol. The van der Waals surface area contributed by atoms with Crippen LogP contribution < -0.4 is 10.2 Å². The lowest BCUT2D eigenvalue weighted by Crippen LogP contribution is -2.46. The van der Waals surface area contributed by atoms with Gasteiger partial charge in [0.2, 0.25) is 10.3 Å². The highest BCUT2D eigenvalue weighted by Crippen LogP contribution is 2.26. The molecule has 1 saturated heterocycles. The average Bonchev–Trinajstić information content (AvgIpc) is 3.36. The van der Waals surface area contributed by atoms with Crippen LogP contribution in [0.1, 0.15) is 23.7 Å². The molecule has 0 aliphatic carbocycles. The highest BCUT2D eigenvalue weighted by molar-refractivity contribution is 7.17. The van der Waals surface area contributed by atoms with Gasteiger partial charge >= 0.3 is 0 Å². The van der Waals surface area contributed by atoms with Crippen molar-refractivity contribution in [1.29, 1.82) is 0 Å². The fourth-order valence-electron chi connectivity index (χ4n) is 3.63. The van der Waals surface area contributed by atoms with Crippen LogP contribution in [0.25, 0.3) is 5.13 Å². The van der Waals surface area contributed by atoms with Crippen LogP contribution in [0.4, 0.5) is 10.8 Å². The first-order chi connectivity index (χ1) is 13.6. The van der Waals surface area contributed by atoms with E-state index in [4.69, 9.17) is 0 Å². The summed E-state index contributed by atoms with van der Waals surface area (Å²) in [6, 6.07) is 10.7. The van der Waals surface area contributed by atoms with Gasteiger partial charge in [-0.05, 0) is 44.2 Å². The van der Waals surface area contributed by atoms with Gasteiger partial charge in [0.15, 0.2) is 0 Å². The van der Waals surface area contributed by atoms with E-state index in [2.05, 4.69) is 87.2 Å². The predicted octanol–water partition coefficient (Wildman–Crippen LogP) is 3.70. The lowest BCUT2D eigenvalue weighted by atomic mass is 10.1. The van der Waals surface area contributed by atoms with Crippen molar-refractivity contribution in [1.82, 2.24) is 19.7 Å². The maximum absolute atomic E-state index is 4.47. The molecule has 4 rings (SSSR count). The summed E-state index contributed by atoms with van der Waals surface area (Å²) >= 11 is 1.67. The van der Waals surface area contributed by atoms with Gasteiger partial charge in [-0.2, -0.15) is 0 Å². The molecule has 1 fully saturated rings. The fourth-order valence-corrected chi connectivity index (χ4v) is 4.55. The molecule has 0 radical (unpaired) electrons. The predicted molar refractivity (Wildman–Crippen MR) is 117 cm³/mol. The number of nitrogens with one attached hydrogen (secondary N) is 1. The number of anilines is 2. The van der Waals surface area contributed by atoms with Crippen molar-refractivity contribution >= 4 is 22.2 Å². The Balaban J connectivity index is 1.45. The van der Waals surface area contributed by atoms with E-state index in [1.54, 1.807) is 11.3 Å². The van der Waals surface area contributed by atoms with Crippen LogP contribution in [0.5, 0.6) is 0 Å². The van der Waals surface area contributed by atoms with Crippen molar-refractivity contribution in [3.05, 3.63) is 53.3 Å². The smallest absolute Gasteiger partial charge is 0.218 e. The highest BCUT2D eigenvalue weighted by atomic mass is 32.1. The fraction of sp³-hybridized carbons (Fsp3) is 0.429. The molecule has 1 N–H and O–H groups in total. The Morgan fingerprint density at radius 2 is 1.82 bits per heavy atom. The Labute approximate surface area is 170 Å². The van der Waals surface area contributed by atoms with Gasteiger partial charge in [0.05, 0.1) is 6.54 Å². The summed E-state index contributed by atoms with van der Waals surface area (Å²) < 4.78 is 2.14. The number of aryl methyl sites for hydroxylation is 2. The quantitative estimate of drug-likeness (QED) is 0.688. The molecule has 7 heteroatoms. The van der Waals surface area contributed by atoms with Gasteiger partial charge in [-0.25, -0.2) is 0 Å². The highest BCUT2D eigenvalue weighted by Gasteiger charge is 2.20. The molecule has 0 atom stereocenters. The molecule has 0 unspecified atom stereocenters. The Morgan fingerprint density at radius 3 is 2.57 bits per heavy atom. The first-order valence-corrected chi connectivity index (χ1v) is 10.7. The summed E-state index contributed by atoms with van der Waals surface area (Å²) in [7, 11) is 0. The number of likely N-dealkylation sites (N-methyl/N-ethyl adjacent to an activating group) is 1. The number of nitrogens with zero attached hydrogens (tertiary/aromatic N) is 5. The third-order valence-electron chi connectivity index (χ3n) is 5.37. The lowest BCUT2D eigenvalue weighted by molar-refractivity contribution is 0.271. The topological polar surface area (TPSA) is 49.2 Å². The standard InChI is InChI=1S/C21H28N6S/c1-4-25-10-12-26(13-11-25)20-23-24-21(28-20)27-9-5-6-18(27)15-22-19-8-7-16(2)14-17(19)3/h5-9,14,22H,4,10-13,15H2,1-3H3. The van der Waals surface area contributed by atoms with E-state index in [-0.39, 0.29) is 0 Å². The zero-order valence-electron chi connectivity index (χ0n) is 16.9. The van der Waals surface area contributed by atoms with Crippen molar-refractivity contribution in [2.24, 2.45) is 0 Å². The molecular formula is C21H28N6S. The summed E-state index contributed by atoms with van der Waals surface area (Å²) in [4.78, 5) is 4.83. The minimum atomic E-state index is 0.751. The molecule has 3 aromatic rings. The minimum absolute atomic E-state index is 0.751. The Bertz CT molecular complexity index is 923. The van der Waals surface area contributed by atoms with Crippen LogP contribution >= 0.6 is 11.3 Å². The largest absolute Gasteiger partial charge is 0.379 e. The van der Waals surface area contributed by atoms with Crippen molar-refractivity contribution in [3.63, 3.8) is 0 Å². The number of aromatic nitrogens is 3. The molecule has 0 saturated carbocycles. The number of hydrogen-bond donors (Lipinski definition) is 1. The summed E-state index contributed by atoms with van der Waals surface area (Å²) in [5, 5.41) is 14.4. The second kappa shape index (κ2) is 8.32. The molecule has 6 nitrogen and oxygen atoms in total. The van der Waals surface area contributed by atoms with Crippen LogP contribution in [-0.4, -0.2) is 52.4 Å². The molecule has 0 amide bonds. The normalized spacial score (nSPS) is 15.2. The Morgan fingerprint density at radius 1 is 1.04 bits per heavy atom. The van der Waals surface area contributed by atoms with E-state index in [0.717, 1.165) is 49.5 Å². The van der Waals surface area contributed by atoms with Gasteiger partial charge in [-0.3, -0.25) is 4.57 Å². The first kappa shape index (κ1) is 19.0. The van der Waals surface area contributed by atoms with Gasteiger partial charge in [0.1, 0.15) is 0 Å².